The van der Waals surface area contributed by atoms with Gasteiger partial charge in [0.15, 0.2) is 0 Å². The van der Waals surface area contributed by atoms with Crippen molar-refractivity contribution in [1.82, 2.24) is 14.8 Å². The Morgan fingerprint density at radius 3 is 2.49 bits per heavy atom. The number of aromatic nitrogens is 1. The molecular weight excluding hydrogens is 468 g/mol. The second-order valence-electron chi connectivity index (χ2n) is 11.5. The molecule has 1 atom stereocenters. The third-order valence-electron chi connectivity index (χ3n) is 8.26. The molecule has 4 aliphatic rings. The van der Waals surface area contributed by atoms with Crippen LogP contribution in [-0.4, -0.2) is 88.8 Å². The lowest BCUT2D eigenvalue weighted by Gasteiger charge is -2.44. The number of nitrogens with zero attached hydrogens (tertiary/aromatic N) is 4. The van der Waals surface area contributed by atoms with Crippen molar-refractivity contribution in [3.63, 3.8) is 0 Å². The van der Waals surface area contributed by atoms with Gasteiger partial charge in [-0.2, -0.15) is 0 Å². The molecule has 0 bridgehead atoms. The number of pyridine rings is 1. The Labute approximate surface area is 212 Å². The van der Waals surface area contributed by atoms with Gasteiger partial charge in [-0.05, 0) is 71.0 Å². The second-order valence-corrected chi connectivity index (χ2v) is 11.8. The Morgan fingerprint density at radius 2 is 1.83 bits per heavy atom. The van der Waals surface area contributed by atoms with Crippen LogP contribution in [-0.2, 0) is 9.53 Å². The number of esters is 1. The van der Waals surface area contributed by atoms with E-state index in [1.165, 1.54) is 0 Å². The zero-order valence-electron chi connectivity index (χ0n) is 20.8. The van der Waals surface area contributed by atoms with Crippen LogP contribution in [0.25, 0.3) is 0 Å². The molecule has 192 valence electrons. The molecule has 4 aliphatic heterocycles. The van der Waals surface area contributed by atoms with Gasteiger partial charge in [0, 0.05) is 50.7 Å². The zero-order chi connectivity index (χ0) is 24.8. The highest BCUT2D eigenvalue weighted by Gasteiger charge is 2.54. The molecule has 9 heteroatoms. The minimum absolute atomic E-state index is 0.0118. The van der Waals surface area contributed by atoms with Crippen LogP contribution in [0.5, 0.6) is 0 Å². The third kappa shape index (κ3) is 5.16. The van der Waals surface area contributed by atoms with Crippen molar-refractivity contribution < 1.29 is 19.4 Å². The molecule has 1 aromatic heterocycles. The molecule has 1 spiro atoms. The number of cyclic esters (lactones) is 1. The average Bonchev–Trinajstić information content (AvgIpc) is 3.05. The molecule has 0 aromatic carbocycles. The summed E-state index contributed by atoms with van der Waals surface area (Å²) in [5.41, 5.74) is -0.185. The molecule has 4 fully saturated rings. The lowest BCUT2D eigenvalue weighted by molar-refractivity contribution is -0.154. The van der Waals surface area contributed by atoms with Gasteiger partial charge in [0.1, 0.15) is 16.6 Å². The number of ether oxygens (including phenoxy) is 1. The van der Waals surface area contributed by atoms with Crippen LogP contribution < -0.4 is 4.90 Å². The first-order chi connectivity index (χ1) is 16.6. The Bertz CT molecular complexity index is 972. The minimum atomic E-state index is -0.380. The second kappa shape index (κ2) is 9.52. The summed E-state index contributed by atoms with van der Waals surface area (Å²) in [6.45, 7) is 8.57. The van der Waals surface area contributed by atoms with Crippen molar-refractivity contribution in [2.45, 2.75) is 76.5 Å². The van der Waals surface area contributed by atoms with Crippen LogP contribution in [0.15, 0.2) is 12.1 Å². The lowest BCUT2D eigenvalue weighted by atomic mass is 9.74. The van der Waals surface area contributed by atoms with Crippen LogP contribution in [0, 0.1) is 5.41 Å². The monoisotopic (exact) mass is 504 g/mol. The van der Waals surface area contributed by atoms with E-state index in [1.54, 1.807) is 6.07 Å². The molecule has 0 radical (unpaired) electrons. The fourth-order valence-corrected chi connectivity index (χ4v) is 6.76. The Kier molecular flexibility index (Phi) is 6.74. The van der Waals surface area contributed by atoms with E-state index in [2.05, 4.69) is 14.8 Å². The van der Waals surface area contributed by atoms with Gasteiger partial charge in [-0.15, -0.1) is 0 Å². The molecule has 4 saturated heterocycles. The average molecular weight is 505 g/mol. The van der Waals surface area contributed by atoms with Crippen LogP contribution in [0.2, 0.25) is 5.15 Å². The van der Waals surface area contributed by atoms with Crippen molar-refractivity contribution in [3.8, 4) is 0 Å². The molecule has 5 rings (SSSR count). The summed E-state index contributed by atoms with van der Waals surface area (Å²) in [6.07, 6.45) is 5.61. The standard InChI is InChI=1S/C26H37ClN4O4/c1-25(2)16-26(24(34)35-25)8-3-9-31(17-26)19-4-10-30(11-5-19)23(33)18-14-21(27)28-22(15-18)29-12-6-20(32)7-13-29/h14-15,19-20,32H,3-13,16-17H2,1-2H3. The molecule has 8 nitrogen and oxygen atoms in total. The topological polar surface area (TPSA) is 86.2 Å². The summed E-state index contributed by atoms with van der Waals surface area (Å²) >= 11 is 6.29. The number of rotatable bonds is 3. The van der Waals surface area contributed by atoms with Gasteiger partial charge in [-0.3, -0.25) is 14.5 Å². The molecule has 0 saturated carbocycles. The van der Waals surface area contributed by atoms with Gasteiger partial charge in [-0.25, -0.2) is 4.98 Å². The number of aliphatic hydroxyl groups excluding tert-OH is 1. The maximum Gasteiger partial charge on any atom is 0.314 e. The lowest BCUT2D eigenvalue weighted by Crippen LogP contribution is -2.53. The highest BCUT2D eigenvalue weighted by Crippen LogP contribution is 2.46. The van der Waals surface area contributed by atoms with Crippen molar-refractivity contribution in [3.05, 3.63) is 22.8 Å². The highest BCUT2D eigenvalue weighted by atomic mass is 35.5. The summed E-state index contributed by atoms with van der Waals surface area (Å²) < 4.78 is 5.69. The summed E-state index contributed by atoms with van der Waals surface area (Å²) in [5.74, 6) is 0.656. The number of piperidine rings is 3. The van der Waals surface area contributed by atoms with Gasteiger partial charge in [0.05, 0.1) is 11.5 Å². The van der Waals surface area contributed by atoms with Crippen LogP contribution >= 0.6 is 11.6 Å². The van der Waals surface area contributed by atoms with Crippen LogP contribution in [0.3, 0.4) is 0 Å². The number of hydrogen-bond donors (Lipinski definition) is 1. The smallest absolute Gasteiger partial charge is 0.314 e. The van der Waals surface area contributed by atoms with E-state index in [9.17, 15) is 14.7 Å². The predicted molar refractivity (Wildman–Crippen MR) is 134 cm³/mol. The summed E-state index contributed by atoms with van der Waals surface area (Å²) in [7, 11) is 0. The normalized spacial score (nSPS) is 28.5. The highest BCUT2D eigenvalue weighted by molar-refractivity contribution is 6.29. The quantitative estimate of drug-likeness (QED) is 0.500. The molecule has 1 N–H and O–H groups in total. The van der Waals surface area contributed by atoms with Crippen molar-refractivity contribution in [1.29, 1.82) is 0 Å². The SMILES string of the molecule is CC1(C)CC2(CCCN(C3CCN(C(=O)c4cc(Cl)nc(N5CCC(O)CC5)c4)CC3)C2)C(=O)O1. The number of carbonyl (C=O) groups excluding carboxylic acids is 2. The van der Waals surface area contributed by atoms with E-state index < -0.39 is 0 Å². The van der Waals surface area contributed by atoms with E-state index >= 15 is 0 Å². The molecule has 1 amide bonds. The number of amides is 1. The van der Waals surface area contributed by atoms with Crippen LogP contribution in [0.4, 0.5) is 5.82 Å². The largest absolute Gasteiger partial charge is 0.459 e. The van der Waals surface area contributed by atoms with Crippen molar-refractivity contribution >= 4 is 29.3 Å². The van der Waals surface area contributed by atoms with Gasteiger partial charge < -0.3 is 19.6 Å². The first-order valence-electron chi connectivity index (χ1n) is 13.0. The van der Waals surface area contributed by atoms with Gasteiger partial charge in [-0.1, -0.05) is 11.6 Å². The number of halogens is 1. The third-order valence-corrected chi connectivity index (χ3v) is 8.45. The summed E-state index contributed by atoms with van der Waals surface area (Å²) in [4.78, 5) is 37.0. The number of likely N-dealkylation sites (tertiary alicyclic amines) is 2. The molecular formula is C26H37ClN4O4. The summed E-state index contributed by atoms with van der Waals surface area (Å²) in [5, 5.41) is 10.1. The minimum Gasteiger partial charge on any atom is -0.459 e. The number of aliphatic hydroxyl groups is 1. The fraction of sp³-hybridized carbons (Fsp3) is 0.731. The fourth-order valence-electron chi connectivity index (χ4n) is 6.55. The summed E-state index contributed by atoms with van der Waals surface area (Å²) in [6, 6.07) is 3.86. The number of carbonyl (C=O) groups is 2. The van der Waals surface area contributed by atoms with E-state index in [-0.39, 0.29) is 29.0 Å². The first kappa shape index (κ1) is 24.8. The molecule has 0 aliphatic carbocycles. The molecule has 5 heterocycles. The number of hydrogen-bond acceptors (Lipinski definition) is 7. The van der Waals surface area contributed by atoms with Crippen LogP contribution in [0.1, 0.15) is 69.2 Å². The van der Waals surface area contributed by atoms with Crippen molar-refractivity contribution in [2.75, 3.05) is 44.2 Å². The van der Waals surface area contributed by atoms with E-state index in [4.69, 9.17) is 16.3 Å². The molecule has 1 unspecified atom stereocenters. The maximum absolute atomic E-state index is 13.3. The Morgan fingerprint density at radius 1 is 1.11 bits per heavy atom. The Hall–Kier alpha value is -1.90. The van der Waals surface area contributed by atoms with E-state index in [1.807, 2.05) is 24.8 Å². The first-order valence-corrected chi connectivity index (χ1v) is 13.4. The maximum atomic E-state index is 13.3. The van der Waals surface area contributed by atoms with Gasteiger partial charge >= 0.3 is 5.97 Å². The number of anilines is 1. The van der Waals surface area contributed by atoms with Crippen molar-refractivity contribution in [2.24, 2.45) is 5.41 Å². The predicted octanol–water partition coefficient (Wildman–Crippen LogP) is 3.11. The zero-order valence-corrected chi connectivity index (χ0v) is 21.6. The van der Waals surface area contributed by atoms with E-state index in [0.717, 1.165) is 45.2 Å². The molecule has 35 heavy (non-hydrogen) atoms. The van der Waals surface area contributed by atoms with Gasteiger partial charge in [0.2, 0.25) is 0 Å². The molecule has 1 aromatic rings. The van der Waals surface area contributed by atoms with E-state index in [0.29, 0.717) is 61.6 Å². The van der Waals surface area contributed by atoms with Gasteiger partial charge in [0.25, 0.3) is 5.91 Å². The Balaban J connectivity index is 1.21.